The van der Waals surface area contributed by atoms with Gasteiger partial charge in [0.15, 0.2) is 0 Å². The van der Waals surface area contributed by atoms with E-state index in [1.807, 2.05) is 12.1 Å². The molecule has 0 radical (unpaired) electrons. The molecule has 0 spiro atoms. The zero-order valence-electron chi connectivity index (χ0n) is 9.75. The molecule has 1 aromatic rings. The molecule has 1 saturated heterocycles. The van der Waals surface area contributed by atoms with E-state index in [-0.39, 0.29) is 0 Å². The van der Waals surface area contributed by atoms with Crippen molar-refractivity contribution in [3.05, 3.63) is 28.0 Å². The van der Waals surface area contributed by atoms with Gasteiger partial charge in [-0.2, -0.15) is 0 Å². The van der Waals surface area contributed by atoms with Crippen molar-refractivity contribution in [1.29, 1.82) is 0 Å². The SMILES string of the molecule is CC1CCC(CNCc2cc(Cl)nc(Cl)c2)O1. The first-order chi connectivity index (χ1) is 8.13. The number of halogens is 2. The number of rotatable bonds is 4. The molecule has 2 heterocycles. The van der Waals surface area contributed by atoms with E-state index in [9.17, 15) is 0 Å². The molecule has 94 valence electrons. The first-order valence-corrected chi connectivity index (χ1v) is 6.57. The summed E-state index contributed by atoms with van der Waals surface area (Å²) in [6.45, 7) is 3.71. The molecular formula is C12H16Cl2N2O. The fourth-order valence-corrected chi connectivity index (χ4v) is 2.53. The van der Waals surface area contributed by atoms with Crippen LogP contribution in [-0.4, -0.2) is 23.7 Å². The first-order valence-electron chi connectivity index (χ1n) is 5.81. The van der Waals surface area contributed by atoms with Crippen molar-refractivity contribution in [2.24, 2.45) is 0 Å². The Bertz CT molecular complexity index is 367. The number of hydrogen-bond acceptors (Lipinski definition) is 3. The topological polar surface area (TPSA) is 34.2 Å². The van der Waals surface area contributed by atoms with E-state index in [1.54, 1.807) is 0 Å². The smallest absolute Gasteiger partial charge is 0.131 e. The molecule has 0 amide bonds. The molecule has 1 N–H and O–H groups in total. The minimum absolute atomic E-state index is 0.331. The lowest BCUT2D eigenvalue weighted by Crippen LogP contribution is -2.26. The molecule has 1 fully saturated rings. The van der Waals surface area contributed by atoms with Gasteiger partial charge in [0.05, 0.1) is 12.2 Å². The standard InChI is InChI=1S/C12H16Cl2N2O/c1-8-2-3-10(17-8)7-15-6-9-4-11(13)16-12(14)5-9/h4-5,8,10,15H,2-3,6-7H2,1H3. The van der Waals surface area contributed by atoms with Gasteiger partial charge in [-0.05, 0) is 37.5 Å². The van der Waals surface area contributed by atoms with Crippen LogP contribution in [-0.2, 0) is 11.3 Å². The number of ether oxygens (including phenoxy) is 1. The Kier molecular flexibility index (Phi) is 4.62. The summed E-state index contributed by atoms with van der Waals surface area (Å²) in [5.74, 6) is 0. The molecule has 0 bridgehead atoms. The highest BCUT2D eigenvalue weighted by atomic mass is 35.5. The second kappa shape index (κ2) is 6.01. The summed E-state index contributed by atoms with van der Waals surface area (Å²) in [6, 6.07) is 3.64. The van der Waals surface area contributed by atoms with Gasteiger partial charge in [0.25, 0.3) is 0 Å². The van der Waals surface area contributed by atoms with Gasteiger partial charge in [-0.25, -0.2) is 4.98 Å². The van der Waals surface area contributed by atoms with Crippen LogP contribution in [0.3, 0.4) is 0 Å². The van der Waals surface area contributed by atoms with Gasteiger partial charge >= 0.3 is 0 Å². The molecule has 1 aliphatic rings. The van der Waals surface area contributed by atoms with Gasteiger partial charge in [0, 0.05) is 13.1 Å². The number of nitrogens with one attached hydrogen (secondary N) is 1. The maximum absolute atomic E-state index is 5.83. The molecule has 0 aromatic carbocycles. The molecule has 2 rings (SSSR count). The van der Waals surface area contributed by atoms with Crippen molar-refractivity contribution in [1.82, 2.24) is 10.3 Å². The van der Waals surface area contributed by atoms with Gasteiger partial charge in [-0.15, -0.1) is 0 Å². The van der Waals surface area contributed by atoms with Crippen molar-refractivity contribution in [3.63, 3.8) is 0 Å². The van der Waals surface area contributed by atoms with Crippen molar-refractivity contribution < 1.29 is 4.74 Å². The fraction of sp³-hybridized carbons (Fsp3) is 0.583. The number of pyridine rings is 1. The molecule has 0 aliphatic carbocycles. The molecule has 2 atom stereocenters. The lowest BCUT2D eigenvalue weighted by Gasteiger charge is -2.12. The average molecular weight is 275 g/mol. The van der Waals surface area contributed by atoms with Crippen molar-refractivity contribution in [3.8, 4) is 0 Å². The summed E-state index contributed by atoms with van der Waals surface area (Å²) in [4.78, 5) is 3.91. The van der Waals surface area contributed by atoms with Gasteiger partial charge in [0.2, 0.25) is 0 Å². The summed E-state index contributed by atoms with van der Waals surface area (Å²) in [6.07, 6.45) is 3.01. The highest BCUT2D eigenvalue weighted by Gasteiger charge is 2.20. The zero-order chi connectivity index (χ0) is 12.3. The second-order valence-electron chi connectivity index (χ2n) is 4.40. The van der Waals surface area contributed by atoms with Crippen LogP contribution < -0.4 is 5.32 Å². The largest absolute Gasteiger partial charge is 0.374 e. The highest BCUT2D eigenvalue weighted by Crippen LogP contribution is 2.18. The summed E-state index contributed by atoms with van der Waals surface area (Å²) < 4.78 is 5.72. The van der Waals surface area contributed by atoms with E-state index in [0.717, 1.165) is 31.5 Å². The third-order valence-electron chi connectivity index (χ3n) is 2.84. The Morgan fingerprint density at radius 1 is 1.35 bits per heavy atom. The van der Waals surface area contributed by atoms with Crippen LogP contribution in [0.4, 0.5) is 0 Å². The lowest BCUT2D eigenvalue weighted by molar-refractivity contribution is 0.0559. The van der Waals surface area contributed by atoms with E-state index in [4.69, 9.17) is 27.9 Å². The van der Waals surface area contributed by atoms with Gasteiger partial charge in [-0.3, -0.25) is 0 Å². The number of aromatic nitrogens is 1. The van der Waals surface area contributed by atoms with Crippen LogP contribution in [0.5, 0.6) is 0 Å². The van der Waals surface area contributed by atoms with E-state index < -0.39 is 0 Å². The minimum atomic E-state index is 0.331. The molecule has 5 heteroatoms. The van der Waals surface area contributed by atoms with Gasteiger partial charge in [0.1, 0.15) is 10.3 Å². The monoisotopic (exact) mass is 274 g/mol. The predicted molar refractivity (Wildman–Crippen MR) is 69.5 cm³/mol. The molecule has 0 saturated carbocycles. The predicted octanol–water partition coefficient (Wildman–Crippen LogP) is 3.05. The zero-order valence-corrected chi connectivity index (χ0v) is 11.3. The van der Waals surface area contributed by atoms with E-state index >= 15 is 0 Å². The first kappa shape index (κ1) is 13.1. The molecule has 3 nitrogen and oxygen atoms in total. The third kappa shape index (κ3) is 4.11. The number of hydrogen-bond donors (Lipinski definition) is 1. The van der Waals surface area contributed by atoms with Crippen LogP contribution in [0.15, 0.2) is 12.1 Å². The molecular weight excluding hydrogens is 259 g/mol. The molecule has 17 heavy (non-hydrogen) atoms. The van der Waals surface area contributed by atoms with E-state index in [2.05, 4.69) is 17.2 Å². The van der Waals surface area contributed by atoms with Crippen LogP contribution in [0.2, 0.25) is 10.3 Å². The maximum atomic E-state index is 5.83. The Hall–Kier alpha value is -0.350. The third-order valence-corrected chi connectivity index (χ3v) is 3.23. The maximum Gasteiger partial charge on any atom is 0.131 e. The van der Waals surface area contributed by atoms with Gasteiger partial charge < -0.3 is 10.1 Å². The normalized spacial score (nSPS) is 24.2. The Morgan fingerprint density at radius 3 is 2.65 bits per heavy atom. The second-order valence-corrected chi connectivity index (χ2v) is 5.17. The van der Waals surface area contributed by atoms with Crippen molar-refractivity contribution in [2.45, 2.75) is 38.5 Å². The quantitative estimate of drug-likeness (QED) is 0.857. The molecule has 1 aromatic heterocycles. The molecule has 1 aliphatic heterocycles. The fourth-order valence-electron chi connectivity index (χ4n) is 2.03. The Balaban J connectivity index is 1.78. The van der Waals surface area contributed by atoms with E-state index in [1.165, 1.54) is 0 Å². The van der Waals surface area contributed by atoms with Crippen LogP contribution >= 0.6 is 23.2 Å². The van der Waals surface area contributed by atoms with Crippen LogP contribution in [0.1, 0.15) is 25.3 Å². The number of nitrogens with zero attached hydrogens (tertiary/aromatic N) is 1. The Labute approximate surface area is 111 Å². The molecule has 2 unspecified atom stereocenters. The summed E-state index contributed by atoms with van der Waals surface area (Å²) >= 11 is 11.7. The van der Waals surface area contributed by atoms with Gasteiger partial charge in [-0.1, -0.05) is 23.2 Å². The van der Waals surface area contributed by atoms with Crippen LogP contribution in [0.25, 0.3) is 0 Å². The van der Waals surface area contributed by atoms with E-state index in [0.29, 0.717) is 22.5 Å². The summed E-state index contributed by atoms with van der Waals surface area (Å²) in [5.41, 5.74) is 1.04. The van der Waals surface area contributed by atoms with Crippen molar-refractivity contribution >= 4 is 23.2 Å². The lowest BCUT2D eigenvalue weighted by atomic mass is 10.2. The Morgan fingerprint density at radius 2 is 2.06 bits per heavy atom. The highest BCUT2D eigenvalue weighted by molar-refractivity contribution is 6.32. The minimum Gasteiger partial charge on any atom is -0.374 e. The summed E-state index contributed by atoms with van der Waals surface area (Å²) in [7, 11) is 0. The van der Waals surface area contributed by atoms with Crippen LogP contribution in [0, 0.1) is 0 Å². The van der Waals surface area contributed by atoms with Crippen molar-refractivity contribution in [2.75, 3.05) is 6.54 Å². The average Bonchev–Trinajstić information content (AvgIpc) is 2.63. The summed E-state index contributed by atoms with van der Waals surface area (Å²) in [5, 5.41) is 4.21.